The summed E-state index contributed by atoms with van der Waals surface area (Å²) in [6, 6.07) is 0.190. The zero-order valence-electron chi connectivity index (χ0n) is 11.7. The summed E-state index contributed by atoms with van der Waals surface area (Å²) in [6.07, 6.45) is 0. The molecule has 0 atom stereocenters. The quantitative estimate of drug-likeness (QED) is 0.868. The van der Waals surface area contributed by atoms with E-state index in [1.54, 1.807) is 6.92 Å². The zero-order chi connectivity index (χ0) is 13.8. The van der Waals surface area contributed by atoms with E-state index in [0.29, 0.717) is 18.3 Å². The third-order valence-corrected chi connectivity index (χ3v) is 3.00. The highest BCUT2D eigenvalue weighted by atomic mass is 16.4. The van der Waals surface area contributed by atoms with Crippen LogP contribution in [0.4, 0.5) is 4.79 Å². The third-order valence-electron chi connectivity index (χ3n) is 3.00. The maximum atomic E-state index is 11.8. The van der Waals surface area contributed by atoms with E-state index < -0.39 is 0 Å². The Kier molecular flexibility index (Phi) is 4.36. The number of nitrogens with zero attached hydrogens (tertiary/aromatic N) is 4. The summed E-state index contributed by atoms with van der Waals surface area (Å²) in [5, 5.41) is 10.7. The summed E-state index contributed by atoms with van der Waals surface area (Å²) in [5.41, 5.74) is 0. The number of urea groups is 1. The van der Waals surface area contributed by atoms with Crippen LogP contribution in [0.15, 0.2) is 4.42 Å². The van der Waals surface area contributed by atoms with Crippen LogP contribution in [0.1, 0.15) is 25.6 Å². The predicted molar refractivity (Wildman–Crippen MR) is 69.6 cm³/mol. The number of rotatable bonds is 3. The Morgan fingerprint density at radius 2 is 2.00 bits per heavy atom. The number of amides is 2. The summed E-state index contributed by atoms with van der Waals surface area (Å²) in [5.74, 6) is 1.22. The van der Waals surface area contributed by atoms with Crippen LogP contribution in [0.5, 0.6) is 0 Å². The number of hydrogen-bond donors (Lipinski definition) is 1. The van der Waals surface area contributed by atoms with Crippen molar-refractivity contribution in [1.82, 2.24) is 25.3 Å². The maximum Gasteiger partial charge on any atom is 0.317 e. The first kappa shape index (κ1) is 13.8. The number of hydrogen-bond acceptors (Lipinski definition) is 5. The van der Waals surface area contributed by atoms with Gasteiger partial charge in [0.1, 0.15) is 0 Å². The van der Waals surface area contributed by atoms with Crippen LogP contribution in [0, 0.1) is 6.92 Å². The number of piperazine rings is 1. The Morgan fingerprint density at radius 1 is 1.32 bits per heavy atom. The van der Waals surface area contributed by atoms with E-state index in [-0.39, 0.29) is 12.1 Å². The standard InChI is InChI=1S/C12H21N5O2/c1-9(2)13-12(18)17-6-4-16(5-7-17)8-11-15-14-10(3)19-11/h9H,4-8H2,1-3H3,(H,13,18). The lowest BCUT2D eigenvalue weighted by molar-refractivity contribution is 0.127. The highest BCUT2D eigenvalue weighted by molar-refractivity contribution is 5.74. The lowest BCUT2D eigenvalue weighted by atomic mass is 10.3. The third kappa shape index (κ3) is 3.92. The topological polar surface area (TPSA) is 74.5 Å². The van der Waals surface area contributed by atoms with Gasteiger partial charge in [-0.25, -0.2) is 4.79 Å². The Morgan fingerprint density at radius 3 is 2.53 bits per heavy atom. The van der Waals surface area contributed by atoms with Crippen LogP contribution in [0.3, 0.4) is 0 Å². The van der Waals surface area contributed by atoms with E-state index in [1.807, 2.05) is 18.7 Å². The Hall–Kier alpha value is -1.63. The summed E-state index contributed by atoms with van der Waals surface area (Å²) in [4.78, 5) is 15.9. The van der Waals surface area contributed by atoms with Gasteiger partial charge in [-0.15, -0.1) is 10.2 Å². The molecule has 0 unspecified atom stereocenters. The normalized spacial score (nSPS) is 16.9. The smallest absolute Gasteiger partial charge is 0.317 e. The van der Waals surface area contributed by atoms with Gasteiger partial charge >= 0.3 is 6.03 Å². The molecule has 1 aliphatic heterocycles. The average molecular weight is 267 g/mol. The van der Waals surface area contributed by atoms with Gasteiger partial charge in [-0.2, -0.15) is 0 Å². The number of carbonyl (C=O) groups excluding carboxylic acids is 1. The van der Waals surface area contributed by atoms with Crippen molar-refractivity contribution in [2.24, 2.45) is 0 Å². The van der Waals surface area contributed by atoms with E-state index in [1.165, 1.54) is 0 Å². The molecule has 7 nitrogen and oxygen atoms in total. The molecule has 2 amide bonds. The van der Waals surface area contributed by atoms with Crippen molar-refractivity contribution in [3.05, 3.63) is 11.8 Å². The molecule has 1 aromatic rings. The van der Waals surface area contributed by atoms with Crippen LogP contribution in [-0.4, -0.2) is 58.2 Å². The number of nitrogens with one attached hydrogen (secondary N) is 1. The van der Waals surface area contributed by atoms with Crippen molar-refractivity contribution in [3.63, 3.8) is 0 Å². The second kappa shape index (κ2) is 6.01. The first-order valence-corrected chi connectivity index (χ1v) is 6.61. The molecule has 106 valence electrons. The second-order valence-corrected chi connectivity index (χ2v) is 5.08. The van der Waals surface area contributed by atoms with Crippen LogP contribution in [0.2, 0.25) is 0 Å². The minimum absolute atomic E-state index is 0.0169. The molecule has 1 fully saturated rings. The van der Waals surface area contributed by atoms with Crippen molar-refractivity contribution in [3.8, 4) is 0 Å². The van der Waals surface area contributed by atoms with Gasteiger partial charge in [-0.3, -0.25) is 4.90 Å². The molecule has 1 aliphatic rings. The van der Waals surface area contributed by atoms with E-state index in [0.717, 1.165) is 26.2 Å². The second-order valence-electron chi connectivity index (χ2n) is 5.08. The molecule has 0 aliphatic carbocycles. The minimum Gasteiger partial charge on any atom is -0.424 e. The SMILES string of the molecule is Cc1nnc(CN2CCN(C(=O)NC(C)C)CC2)o1. The Bertz CT molecular complexity index is 424. The highest BCUT2D eigenvalue weighted by Crippen LogP contribution is 2.07. The number of aryl methyl sites for hydroxylation is 1. The summed E-state index contributed by atoms with van der Waals surface area (Å²) in [6.45, 7) is 9.47. The van der Waals surface area contributed by atoms with E-state index in [2.05, 4.69) is 20.4 Å². The molecule has 0 saturated carbocycles. The van der Waals surface area contributed by atoms with Gasteiger partial charge in [0, 0.05) is 39.1 Å². The first-order valence-electron chi connectivity index (χ1n) is 6.61. The molecule has 0 radical (unpaired) electrons. The van der Waals surface area contributed by atoms with Crippen molar-refractivity contribution < 1.29 is 9.21 Å². The van der Waals surface area contributed by atoms with Crippen LogP contribution >= 0.6 is 0 Å². The molecule has 2 rings (SSSR count). The van der Waals surface area contributed by atoms with Gasteiger partial charge in [-0.05, 0) is 13.8 Å². The van der Waals surface area contributed by atoms with Crippen molar-refractivity contribution in [2.75, 3.05) is 26.2 Å². The van der Waals surface area contributed by atoms with Crippen molar-refractivity contribution >= 4 is 6.03 Å². The molecule has 1 aromatic heterocycles. The van der Waals surface area contributed by atoms with E-state index >= 15 is 0 Å². The highest BCUT2D eigenvalue weighted by Gasteiger charge is 2.22. The predicted octanol–water partition coefficient (Wildman–Crippen LogP) is 0.614. The van der Waals surface area contributed by atoms with Gasteiger partial charge in [0.2, 0.25) is 11.8 Å². The van der Waals surface area contributed by atoms with Crippen molar-refractivity contribution in [2.45, 2.75) is 33.4 Å². The molecule has 19 heavy (non-hydrogen) atoms. The molecule has 2 heterocycles. The van der Waals surface area contributed by atoms with Crippen LogP contribution < -0.4 is 5.32 Å². The number of aromatic nitrogens is 2. The number of carbonyl (C=O) groups is 1. The first-order chi connectivity index (χ1) is 9.04. The minimum atomic E-state index is 0.0169. The fourth-order valence-corrected chi connectivity index (χ4v) is 2.04. The van der Waals surface area contributed by atoms with Gasteiger partial charge in [0.25, 0.3) is 0 Å². The Balaban J connectivity index is 1.77. The summed E-state index contributed by atoms with van der Waals surface area (Å²) < 4.78 is 5.36. The maximum absolute atomic E-state index is 11.8. The van der Waals surface area contributed by atoms with Crippen LogP contribution in [0.25, 0.3) is 0 Å². The van der Waals surface area contributed by atoms with E-state index in [9.17, 15) is 4.79 Å². The molecule has 7 heteroatoms. The molecule has 1 N–H and O–H groups in total. The Labute approximate surface area is 113 Å². The van der Waals surface area contributed by atoms with Crippen LogP contribution in [-0.2, 0) is 6.54 Å². The molecular weight excluding hydrogens is 246 g/mol. The largest absolute Gasteiger partial charge is 0.424 e. The fraction of sp³-hybridized carbons (Fsp3) is 0.750. The molecule has 0 bridgehead atoms. The molecular formula is C12H21N5O2. The monoisotopic (exact) mass is 267 g/mol. The molecule has 0 aromatic carbocycles. The van der Waals surface area contributed by atoms with Gasteiger partial charge in [0.05, 0.1) is 6.54 Å². The van der Waals surface area contributed by atoms with E-state index in [4.69, 9.17) is 4.42 Å². The molecule has 0 spiro atoms. The fourth-order valence-electron chi connectivity index (χ4n) is 2.04. The van der Waals surface area contributed by atoms with Gasteiger partial charge < -0.3 is 14.6 Å². The molecule has 1 saturated heterocycles. The average Bonchev–Trinajstić information content (AvgIpc) is 2.75. The summed E-state index contributed by atoms with van der Waals surface area (Å²) >= 11 is 0. The lowest BCUT2D eigenvalue weighted by Gasteiger charge is -2.34. The van der Waals surface area contributed by atoms with Gasteiger partial charge in [0.15, 0.2) is 0 Å². The summed E-state index contributed by atoms with van der Waals surface area (Å²) in [7, 11) is 0. The van der Waals surface area contributed by atoms with Crippen molar-refractivity contribution in [1.29, 1.82) is 0 Å². The zero-order valence-corrected chi connectivity index (χ0v) is 11.7. The van der Waals surface area contributed by atoms with Gasteiger partial charge in [-0.1, -0.05) is 0 Å². The lowest BCUT2D eigenvalue weighted by Crippen LogP contribution is -2.52.